The zero-order chi connectivity index (χ0) is 18.7. The van der Waals surface area contributed by atoms with Gasteiger partial charge in [-0.25, -0.2) is 4.79 Å². The standard InChI is InChI=1S/C20H16BrNO4/c1-2-26-20(25)15-16(18(23)13-8-10-14(21)11-9-13)19(24)22-17(15)12-6-4-3-5-7-12/h3-11,22,24H,2H2,1H3. The Morgan fingerprint density at radius 1 is 1.04 bits per heavy atom. The molecule has 0 aliphatic rings. The Balaban J connectivity index is 2.18. The minimum absolute atomic E-state index is 0.0310. The highest BCUT2D eigenvalue weighted by Crippen LogP contribution is 2.34. The Morgan fingerprint density at radius 2 is 1.69 bits per heavy atom. The van der Waals surface area contributed by atoms with Crippen LogP contribution in [0.25, 0.3) is 11.3 Å². The van der Waals surface area contributed by atoms with E-state index in [1.54, 1.807) is 55.5 Å². The van der Waals surface area contributed by atoms with Gasteiger partial charge in [0.1, 0.15) is 5.56 Å². The predicted molar refractivity (Wildman–Crippen MR) is 101 cm³/mol. The van der Waals surface area contributed by atoms with E-state index < -0.39 is 11.8 Å². The number of carbonyl (C=O) groups is 2. The third-order valence-electron chi connectivity index (χ3n) is 3.86. The largest absolute Gasteiger partial charge is 0.494 e. The van der Waals surface area contributed by atoms with Crippen molar-refractivity contribution < 1.29 is 19.4 Å². The lowest BCUT2D eigenvalue weighted by Crippen LogP contribution is -2.12. The van der Waals surface area contributed by atoms with Gasteiger partial charge >= 0.3 is 5.97 Å². The Morgan fingerprint density at radius 3 is 2.31 bits per heavy atom. The third kappa shape index (κ3) is 3.41. The van der Waals surface area contributed by atoms with Crippen molar-refractivity contribution in [1.82, 2.24) is 4.98 Å². The third-order valence-corrected chi connectivity index (χ3v) is 4.38. The van der Waals surface area contributed by atoms with Crippen molar-refractivity contribution in [1.29, 1.82) is 0 Å². The summed E-state index contributed by atoms with van der Waals surface area (Å²) >= 11 is 3.32. The summed E-state index contributed by atoms with van der Waals surface area (Å²) in [5.41, 5.74) is 1.31. The number of ether oxygens (including phenoxy) is 1. The van der Waals surface area contributed by atoms with E-state index in [2.05, 4.69) is 20.9 Å². The summed E-state index contributed by atoms with van der Waals surface area (Å²) in [6.45, 7) is 1.84. The van der Waals surface area contributed by atoms with Crippen LogP contribution in [0.3, 0.4) is 0 Å². The van der Waals surface area contributed by atoms with Gasteiger partial charge < -0.3 is 14.8 Å². The number of rotatable bonds is 5. The van der Waals surface area contributed by atoms with Crippen LogP contribution in [-0.4, -0.2) is 28.4 Å². The van der Waals surface area contributed by atoms with Crippen LogP contribution < -0.4 is 0 Å². The number of carbonyl (C=O) groups excluding carboxylic acids is 2. The van der Waals surface area contributed by atoms with Gasteiger partial charge in [-0.15, -0.1) is 0 Å². The van der Waals surface area contributed by atoms with Gasteiger partial charge in [0.2, 0.25) is 5.88 Å². The lowest BCUT2D eigenvalue weighted by atomic mass is 9.98. The molecular formula is C20H16BrNO4. The zero-order valence-corrected chi connectivity index (χ0v) is 15.5. The number of aromatic amines is 1. The molecule has 26 heavy (non-hydrogen) atoms. The topological polar surface area (TPSA) is 79.4 Å². The molecule has 2 aromatic carbocycles. The lowest BCUT2D eigenvalue weighted by molar-refractivity contribution is 0.0524. The maximum absolute atomic E-state index is 12.9. The first-order valence-electron chi connectivity index (χ1n) is 8.00. The van der Waals surface area contributed by atoms with E-state index in [4.69, 9.17) is 4.74 Å². The number of aromatic hydroxyl groups is 1. The SMILES string of the molecule is CCOC(=O)c1c(-c2ccccc2)[nH]c(O)c1C(=O)c1ccc(Br)cc1. The van der Waals surface area contributed by atoms with E-state index in [1.165, 1.54) is 0 Å². The van der Waals surface area contributed by atoms with Crippen molar-refractivity contribution in [2.24, 2.45) is 0 Å². The van der Waals surface area contributed by atoms with Crippen molar-refractivity contribution in [3.05, 3.63) is 75.8 Å². The molecule has 1 aromatic heterocycles. The normalized spacial score (nSPS) is 10.5. The summed E-state index contributed by atoms with van der Waals surface area (Å²) in [5.74, 6) is -1.49. The van der Waals surface area contributed by atoms with E-state index in [0.29, 0.717) is 16.8 Å². The first-order chi connectivity index (χ1) is 12.5. The molecule has 132 valence electrons. The number of H-pyrrole nitrogens is 1. The van der Waals surface area contributed by atoms with E-state index in [1.807, 2.05) is 6.07 Å². The highest BCUT2D eigenvalue weighted by molar-refractivity contribution is 9.10. The van der Waals surface area contributed by atoms with Crippen LogP contribution in [0.15, 0.2) is 59.1 Å². The van der Waals surface area contributed by atoms with Gasteiger partial charge in [0.15, 0.2) is 5.78 Å². The van der Waals surface area contributed by atoms with E-state index >= 15 is 0 Å². The molecule has 1 heterocycles. The van der Waals surface area contributed by atoms with Crippen LogP contribution in [-0.2, 0) is 4.74 Å². The fourth-order valence-electron chi connectivity index (χ4n) is 2.68. The monoisotopic (exact) mass is 413 g/mol. The highest BCUT2D eigenvalue weighted by Gasteiger charge is 2.30. The zero-order valence-electron chi connectivity index (χ0n) is 14.0. The van der Waals surface area contributed by atoms with Gasteiger partial charge in [-0.3, -0.25) is 4.79 Å². The maximum atomic E-state index is 12.9. The van der Waals surface area contributed by atoms with Gasteiger partial charge in [-0.1, -0.05) is 46.3 Å². The maximum Gasteiger partial charge on any atom is 0.341 e. The second-order valence-electron chi connectivity index (χ2n) is 5.52. The number of benzene rings is 2. The molecule has 0 spiro atoms. The molecule has 0 unspecified atom stereocenters. The summed E-state index contributed by atoms with van der Waals surface area (Å²) in [4.78, 5) is 28.3. The van der Waals surface area contributed by atoms with Crippen molar-refractivity contribution in [3.8, 4) is 17.1 Å². The predicted octanol–water partition coefficient (Wildman–Crippen LogP) is 4.56. The smallest absolute Gasteiger partial charge is 0.341 e. The second kappa shape index (κ2) is 7.58. The Bertz CT molecular complexity index is 946. The van der Waals surface area contributed by atoms with Crippen molar-refractivity contribution in [2.45, 2.75) is 6.92 Å². The first kappa shape index (κ1) is 17.9. The van der Waals surface area contributed by atoms with Crippen LogP contribution >= 0.6 is 15.9 Å². The van der Waals surface area contributed by atoms with Gasteiger partial charge in [0, 0.05) is 10.0 Å². The fourth-order valence-corrected chi connectivity index (χ4v) is 2.95. The minimum Gasteiger partial charge on any atom is -0.494 e. The van der Waals surface area contributed by atoms with Gasteiger partial charge in [-0.2, -0.15) is 0 Å². The summed E-state index contributed by atoms with van der Waals surface area (Å²) in [7, 11) is 0. The summed E-state index contributed by atoms with van der Waals surface area (Å²) in [5, 5.41) is 10.4. The number of halogens is 1. The van der Waals surface area contributed by atoms with Crippen molar-refractivity contribution in [3.63, 3.8) is 0 Å². The van der Waals surface area contributed by atoms with E-state index in [0.717, 1.165) is 4.47 Å². The molecule has 0 amide bonds. The van der Waals surface area contributed by atoms with Crippen LogP contribution in [0.5, 0.6) is 5.88 Å². The summed E-state index contributed by atoms with van der Waals surface area (Å²) in [6.07, 6.45) is 0. The number of ketones is 1. The number of hydrogen-bond acceptors (Lipinski definition) is 4. The molecule has 6 heteroatoms. The number of nitrogens with one attached hydrogen (secondary N) is 1. The summed E-state index contributed by atoms with van der Waals surface area (Å²) < 4.78 is 5.94. The Labute approximate surface area is 158 Å². The van der Waals surface area contributed by atoms with Gasteiger partial charge in [-0.05, 0) is 36.8 Å². The van der Waals surface area contributed by atoms with Crippen molar-refractivity contribution in [2.75, 3.05) is 6.61 Å². The van der Waals surface area contributed by atoms with E-state index in [-0.39, 0.29) is 23.6 Å². The number of esters is 1. The minimum atomic E-state index is -0.664. The number of hydrogen-bond donors (Lipinski definition) is 2. The first-order valence-corrected chi connectivity index (χ1v) is 8.80. The molecule has 2 N–H and O–H groups in total. The Kier molecular flexibility index (Phi) is 5.23. The molecule has 0 saturated heterocycles. The van der Waals surface area contributed by atoms with Crippen molar-refractivity contribution >= 4 is 27.7 Å². The van der Waals surface area contributed by atoms with Crippen LogP contribution in [0.4, 0.5) is 0 Å². The molecule has 0 radical (unpaired) electrons. The van der Waals surface area contributed by atoms with Crippen LogP contribution in [0.1, 0.15) is 33.2 Å². The van der Waals surface area contributed by atoms with Gasteiger partial charge in [0.05, 0.1) is 17.9 Å². The lowest BCUT2D eigenvalue weighted by Gasteiger charge is -2.07. The molecule has 0 fully saturated rings. The molecule has 0 saturated carbocycles. The molecule has 3 rings (SSSR count). The fraction of sp³-hybridized carbons (Fsp3) is 0.100. The number of aromatic nitrogens is 1. The molecule has 0 aliphatic heterocycles. The van der Waals surface area contributed by atoms with Crippen LogP contribution in [0.2, 0.25) is 0 Å². The van der Waals surface area contributed by atoms with Gasteiger partial charge in [0.25, 0.3) is 0 Å². The molecule has 0 atom stereocenters. The second-order valence-corrected chi connectivity index (χ2v) is 6.44. The Hall–Kier alpha value is -2.86. The molecular weight excluding hydrogens is 398 g/mol. The van der Waals surface area contributed by atoms with Crippen LogP contribution in [0, 0.1) is 0 Å². The van der Waals surface area contributed by atoms with E-state index in [9.17, 15) is 14.7 Å². The average Bonchev–Trinajstić information content (AvgIpc) is 3.00. The molecule has 5 nitrogen and oxygen atoms in total. The molecule has 0 bridgehead atoms. The average molecular weight is 414 g/mol. The molecule has 3 aromatic rings. The highest BCUT2D eigenvalue weighted by atomic mass is 79.9. The summed E-state index contributed by atoms with van der Waals surface area (Å²) in [6, 6.07) is 15.7. The molecule has 0 aliphatic carbocycles. The quantitative estimate of drug-likeness (QED) is 0.474.